The molecule has 0 spiro atoms. The number of hydrogen-bond donors (Lipinski definition) is 1. The maximum atomic E-state index is 8.86. The van der Waals surface area contributed by atoms with Crippen molar-refractivity contribution in [2.45, 2.75) is 6.10 Å². The van der Waals surface area contributed by atoms with Gasteiger partial charge in [0.15, 0.2) is 0 Å². The minimum atomic E-state index is -0.958. The molecule has 0 aromatic rings. The predicted molar refractivity (Wildman–Crippen MR) is 53.6 cm³/mol. The minimum absolute atomic E-state index is 0. The van der Waals surface area contributed by atoms with Crippen LogP contribution in [0.4, 0.5) is 0 Å². The molecule has 2 nitrogen and oxygen atoms in total. The molecule has 0 heterocycles. The van der Waals surface area contributed by atoms with E-state index in [1.165, 1.54) is 0 Å². The summed E-state index contributed by atoms with van der Waals surface area (Å²) in [7, 11) is 0. The van der Waals surface area contributed by atoms with Gasteiger partial charge < -0.3 is 5.11 Å². The van der Waals surface area contributed by atoms with Crippen molar-refractivity contribution >= 4 is 0 Å². The largest absolute Gasteiger partial charge is 2.00 e. The van der Waals surface area contributed by atoms with Gasteiger partial charge in [-0.05, 0) is 57.8 Å². The van der Waals surface area contributed by atoms with Gasteiger partial charge in [0.25, 0.3) is 0 Å². The third-order valence-corrected chi connectivity index (χ3v) is 1.68. The van der Waals surface area contributed by atoms with Crippen molar-refractivity contribution in [3.05, 3.63) is 63.7 Å². The number of hydrogen-bond acceptors (Lipinski definition) is 2. The number of aliphatic hydroxyl groups is 1. The Labute approximate surface area is 104 Å². The number of aliphatic hydroxyl groups excluding tert-OH is 1. The molecule has 76 valence electrons. The van der Waals surface area contributed by atoms with Crippen molar-refractivity contribution < 1.29 is 22.2 Å². The number of rotatable bonds is 1. The second-order valence-corrected chi connectivity index (χ2v) is 2.71. The molecular formula is C12H11FeNO+2. The maximum absolute atomic E-state index is 8.86. The first kappa shape index (κ1) is 15.0. The van der Waals surface area contributed by atoms with Gasteiger partial charge >= 0.3 is 17.1 Å². The third-order valence-electron chi connectivity index (χ3n) is 1.68. The van der Waals surface area contributed by atoms with Crippen LogP contribution in [0, 0.1) is 75.0 Å². The standard InChI is InChI=1S/C7H6NO.C5H5.Fe/c8-5-7(9)6-3-1-2-4-6;1-2-4-5-3-1;/h1-4,7,9H;1-5H;/q;;+2/t7-;;/m1../s1. The van der Waals surface area contributed by atoms with Crippen LogP contribution in [0.3, 0.4) is 0 Å². The molecule has 0 aromatic heterocycles. The fourth-order valence-electron chi connectivity index (χ4n) is 0.966. The van der Waals surface area contributed by atoms with Crippen LogP contribution in [-0.2, 0) is 17.1 Å². The first-order valence-electron chi connectivity index (χ1n) is 4.30. The summed E-state index contributed by atoms with van der Waals surface area (Å²) in [6, 6.07) is 1.72. The monoisotopic (exact) mass is 241 g/mol. The van der Waals surface area contributed by atoms with E-state index in [-0.39, 0.29) is 17.1 Å². The van der Waals surface area contributed by atoms with Crippen molar-refractivity contribution in [2.75, 3.05) is 0 Å². The summed E-state index contributed by atoms with van der Waals surface area (Å²) in [6.45, 7) is 0. The zero-order chi connectivity index (χ0) is 10.2. The molecule has 0 amide bonds. The Morgan fingerprint density at radius 3 is 1.67 bits per heavy atom. The van der Waals surface area contributed by atoms with Gasteiger partial charge in [-0.3, -0.25) is 0 Å². The molecule has 0 aliphatic heterocycles. The first-order chi connectivity index (χ1) is 6.84. The van der Waals surface area contributed by atoms with Crippen molar-refractivity contribution in [3.8, 4) is 6.07 Å². The van der Waals surface area contributed by atoms with Crippen LogP contribution >= 0.6 is 0 Å². The Kier molecular flexibility index (Phi) is 9.20. The van der Waals surface area contributed by atoms with Crippen molar-refractivity contribution in [1.82, 2.24) is 0 Å². The van der Waals surface area contributed by atoms with Gasteiger partial charge in [-0.2, -0.15) is 5.26 Å². The molecule has 0 saturated heterocycles. The van der Waals surface area contributed by atoms with E-state index < -0.39 is 6.10 Å². The molecule has 2 aliphatic carbocycles. The van der Waals surface area contributed by atoms with E-state index >= 15 is 0 Å². The van der Waals surface area contributed by atoms with Crippen LogP contribution < -0.4 is 0 Å². The molecule has 0 unspecified atom stereocenters. The Bertz CT molecular complexity index is 173. The molecule has 2 fully saturated rings. The van der Waals surface area contributed by atoms with Gasteiger partial charge in [-0.25, -0.2) is 0 Å². The molecule has 1 atom stereocenters. The first-order valence-corrected chi connectivity index (χ1v) is 4.30. The molecule has 15 heavy (non-hydrogen) atoms. The normalized spacial score (nSPS) is 22.1. The van der Waals surface area contributed by atoms with E-state index in [9.17, 15) is 0 Å². The predicted octanol–water partition coefficient (Wildman–Crippen LogP) is 1.30. The van der Waals surface area contributed by atoms with Crippen molar-refractivity contribution in [3.63, 3.8) is 0 Å². The van der Waals surface area contributed by atoms with E-state index in [4.69, 9.17) is 10.4 Å². The van der Waals surface area contributed by atoms with Gasteiger partial charge in [-0.1, -0.05) is 0 Å². The smallest absolute Gasteiger partial charge is 0.378 e. The van der Waals surface area contributed by atoms with Gasteiger partial charge in [-0.15, -0.1) is 0 Å². The Morgan fingerprint density at radius 2 is 1.33 bits per heavy atom. The molecule has 0 bridgehead atoms. The van der Waals surface area contributed by atoms with E-state index in [0.29, 0.717) is 5.92 Å². The summed E-state index contributed by atoms with van der Waals surface area (Å²) in [5, 5.41) is 17.1. The average molecular weight is 241 g/mol. The zero-order valence-electron chi connectivity index (χ0n) is 8.02. The summed E-state index contributed by atoms with van der Waals surface area (Å²) in [5.41, 5.74) is 0. The van der Waals surface area contributed by atoms with Gasteiger partial charge in [0.2, 0.25) is 0 Å². The van der Waals surface area contributed by atoms with Crippen LogP contribution in [0.25, 0.3) is 0 Å². The summed E-state index contributed by atoms with van der Waals surface area (Å²) in [6.07, 6.45) is 16.0. The Hall–Kier alpha value is -0.0305. The number of nitrogens with zero attached hydrogens (tertiary/aromatic N) is 1. The van der Waals surface area contributed by atoms with Gasteiger partial charge in [0.05, 0.1) is 6.07 Å². The van der Waals surface area contributed by atoms with E-state index in [2.05, 4.69) is 0 Å². The fourth-order valence-corrected chi connectivity index (χ4v) is 0.966. The fraction of sp³-hybridized carbons (Fsp3) is 0.0833. The summed E-state index contributed by atoms with van der Waals surface area (Å²) < 4.78 is 0. The summed E-state index contributed by atoms with van der Waals surface area (Å²) >= 11 is 0. The molecule has 3 heteroatoms. The quantitative estimate of drug-likeness (QED) is 0.555. The molecule has 0 aromatic carbocycles. The van der Waals surface area contributed by atoms with E-state index in [0.717, 1.165) is 0 Å². The second-order valence-electron chi connectivity index (χ2n) is 2.71. The minimum Gasteiger partial charge on any atom is -0.378 e. The SMILES string of the molecule is N#C[C@@H](O)[C]1[CH][CH][CH][CH]1.[CH]1[CH][CH][CH][CH]1.[Fe+2]. The van der Waals surface area contributed by atoms with Crippen LogP contribution in [0.1, 0.15) is 0 Å². The molecule has 2 aliphatic rings. The van der Waals surface area contributed by atoms with Gasteiger partial charge in [0.1, 0.15) is 6.10 Å². The molecule has 2 saturated carbocycles. The summed E-state index contributed by atoms with van der Waals surface area (Å²) in [5.74, 6) is 0.664. The van der Waals surface area contributed by atoms with E-state index in [1.54, 1.807) is 31.8 Å². The van der Waals surface area contributed by atoms with Crippen LogP contribution in [0.5, 0.6) is 0 Å². The van der Waals surface area contributed by atoms with E-state index in [1.807, 2.05) is 32.1 Å². The zero-order valence-corrected chi connectivity index (χ0v) is 9.13. The molecular weight excluding hydrogens is 230 g/mol. The van der Waals surface area contributed by atoms with Crippen LogP contribution in [0.15, 0.2) is 0 Å². The van der Waals surface area contributed by atoms with Crippen molar-refractivity contribution in [1.29, 1.82) is 5.26 Å². The van der Waals surface area contributed by atoms with Crippen molar-refractivity contribution in [2.24, 2.45) is 0 Å². The Balaban J connectivity index is 0.000000280. The van der Waals surface area contributed by atoms with Crippen LogP contribution in [-0.4, -0.2) is 11.2 Å². The average Bonchev–Trinajstić information content (AvgIpc) is 2.91. The summed E-state index contributed by atoms with van der Waals surface area (Å²) in [4.78, 5) is 0. The maximum Gasteiger partial charge on any atom is 2.00 e. The third kappa shape index (κ3) is 6.20. The molecule has 1 N–H and O–H groups in total. The Morgan fingerprint density at radius 1 is 0.933 bits per heavy atom. The topological polar surface area (TPSA) is 44.0 Å². The van der Waals surface area contributed by atoms with Crippen LogP contribution in [0.2, 0.25) is 0 Å². The molecule has 10 radical (unpaired) electrons. The molecule has 2 rings (SSSR count). The second kappa shape index (κ2) is 9.21. The van der Waals surface area contributed by atoms with Gasteiger partial charge in [0, 0.05) is 5.92 Å². The number of nitriles is 1.